The molecule has 3 heterocycles. The molecule has 4 rings (SSSR count). The van der Waals surface area contributed by atoms with Crippen LogP contribution in [0.5, 0.6) is 0 Å². The number of aromatic amines is 1. The zero-order valence-corrected chi connectivity index (χ0v) is 13.5. The summed E-state index contributed by atoms with van der Waals surface area (Å²) in [5, 5.41) is 0. The van der Waals surface area contributed by atoms with Gasteiger partial charge in [0, 0.05) is 26.2 Å². The van der Waals surface area contributed by atoms with E-state index in [0.29, 0.717) is 0 Å². The van der Waals surface area contributed by atoms with E-state index >= 15 is 0 Å². The lowest BCUT2D eigenvalue weighted by molar-refractivity contribution is 0.217. The maximum atomic E-state index is 4.46. The molecule has 1 aliphatic rings. The van der Waals surface area contributed by atoms with Crippen LogP contribution in [0.2, 0.25) is 0 Å². The van der Waals surface area contributed by atoms with Gasteiger partial charge in [-0.2, -0.15) is 0 Å². The summed E-state index contributed by atoms with van der Waals surface area (Å²) in [6, 6.07) is 10.8. The molecule has 0 saturated carbocycles. The number of hydrogen-bond donors (Lipinski definition) is 1. The maximum absolute atomic E-state index is 4.46. The van der Waals surface area contributed by atoms with Crippen molar-refractivity contribution in [2.75, 3.05) is 31.1 Å². The summed E-state index contributed by atoms with van der Waals surface area (Å²) in [5.74, 6) is 0.937. The van der Waals surface area contributed by atoms with E-state index in [-0.39, 0.29) is 6.04 Å². The topological polar surface area (TPSA) is 60.9 Å². The van der Waals surface area contributed by atoms with E-state index in [0.717, 1.165) is 43.2 Å². The summed E-state index contributed by atoms with van der Waals surface area (Å²) < 4.78 is 0. The summed E-state index contributed by atoms with van der Waals surface area (Å²) in [7, 11) is 0. The Bertz CT molecular complexity index is 820. The number of H-pyrrole nitrogens is 1. The molecule has 2 aromatic heterocycles. The van der Waals surface area contributed by atoms with Gasteiger partial charge in [-0.15, -0.1) is 6.58 Å². The fraction of sp³-hybridized carbons (Fsp3) is 0.278. The minimum Gasteiger partial charge on any atom is -0.352 e. The number of nitrogens with one attached hydrogen (secondary N) is 1. The summed E-state index contributed by atoms with van der Waals surface area (Å²) >= 11 is 0. The second-order valence-corrected chi connectivity index (χ2v) is 5.91. The third kappa shape index (κ3) is 2.65. The first-order valence-corrected chi connectivity index (χ1v) is 8.17. The second kappa shape index (κ2) is 6.41. The van der Waals surface area contributed by atoms with Crippen molar-refractivity contribution in [2.45, 2.75) is 6.04 Å². The summed E-state index contributed by atoms with van der Waals surface area (Å²) in [6.45, 7) is 7.80. The van der Waals surface area contributed by atoms with Crippen molar-refractivity contribution in [3.63, 3.8) is 0 Å². The third-order valence-electron chi connectivity index (χ3n) is 4.57. The normalized spacial score (nSPS) is 17.1. The number of fused-ring (bicyclic) bond motifs is 1. The van der Waals surface area contributed by atoms with Gasteiger partial charge in [0.05, 0.1) is 12.4 Å². The first kappa shape index (κ1) is 14.8. The minimum atomic E-state index is 0.255. The molecule has 1 fully saturated rings. The van der Waals surface area contributed by atoms with E-state index < -0.39 is 0 Å². The molecule has 1 aliphatic heterocycles. The van der Waals surface area contributed by atoms with Crippen LogP contribution in [0.15, 0.2) is 55.6 Å². The molecule has 122 valence electrons. The highest BCUT2D eigenvalue weighted by molar-refractivity contribution is 5.82. The smallest absolute Gasteiger partial charge is 0.182 e. The van der Waals surface area contributed by atoms with Crippen LogP contribution >= 0.6 is 0 Å². The van der Waals surface area contributed by atoms with Crippen LogP contribution in [0.4, 0.5) is 5.82 Å². The zero-order valence-electron chi connectivity index (χ0n) is 13.5. The molecular weight excluding hydrogens is 300 g/mol. The van der Waals surface area contributed by atoms with Gasteiger partial charge in [-0.05, 0) is 5.56 Å². The zero-order chi connectivity index (χ0) is 16.4. The highest BCUT2D eigenvalue weighted by Gasteiger charge is 2.25. The molecule has 0 radical (unpaired) electrons. The van der Waals surface area contributed by atoms with Crippen LogP contribution < -0.4 is 4.90 Å². The molecule has 0 aliphatic carbocycles. The van der Waals surface area contributed by atoms with E-state index in [1.807, 2.05) is 12.1 Å². The lowest BCUT2D eigenvalue weighted by Crippen LogP contribution is -2.47. The van der Waals surface area contributed by atoms with E-state index in [1.165, 1.54) is 5.56 Å². The Morgan fingerprint density at radius 3 is 2.58 bits per heavy atom. The van der Waals surface area contributed by atoms with Crippen LogP contribution in [0.25, 0.3) is 11.2 Å². The Labute approximate surface area is 140 Å². The van der Waals surface area contributed by atoms with Crippen molar-refractivity contribution < 1.29 is 0 Å². The van der Waals surface area contributed by atoms with Crippen LogP contribution in [0, 0.1) is 0 Å². The van der Waals surface area contributed by atoms with E-state index in [4.69, 9.17) is 0 Å². The number of benzene rings is 1. The number of imidazole rings is 1. The van der Waals surface area contributed by atoms with Gasteiger partial charge in [0.15, 0.2) is 11.5 Å². The number of piperazine rings is 1. The van der Waals surface area contributed by atoms with Gasteiger partial charge in [0.25, 0.3) is 0 Å². The van der Waals surface area contributed by atoms with E-state index in [2.05, 4.69) is 60.6 Å². The van der Waals surface area contributed by atoms with Crippen LogP contribution in [-0.4, -0.2) is 51.0 Å². The van der Waals surface area contributed by atoms with Crippen molar-refractivity contribution in [2.24, 2.45) is 0 Å². The molecule has 1 N–H and O–H groups in total. The predicted molar refractivity (Wildman–Crippen MR) is 94.8 cm³/mol. The van der Waals surface area contributed by atoms with Gasteiger partial charge < -0.3 is 9.88 Å². The molecule has 1 atom stereocenters. The van der Waals surface area contributed by atoms with Crippen molar-refractivity contribution in [3.05, 3.63) is 61.2 Å². The van der Waals surface area contributed by atoms with Crippen molar-refractivity contribution >= 4 is 17.0 Å². The first-order chi connectivity index (χ1) is 11.9. The Morgan fingerprint density at radius 2 is 1.83 bits per heavy atom. The number of hydrogen-bond acceptors (Lipinski definition) is 5. The predicted octanol–water partition coefficient (Wildman–Crippen LogP) is 2.40. The van der Waals surface area contributed by atoms with Crippen LogP contribution in [0.1, 0.15) is 11.6 Å². The van der Waals surface area contributed by atoms with E-state index in [9.17, 15) is 0 Å². The summed E-state index contributed by atoms with van der Waals surface area (Å²) in [6.07, 6.45) is 5.28. The molecular formula is C18H20N6. The highest BCUT2D eigenvalue weighted by Crippen LogP contribution is 2.26. The quantitative estimate of drug-likeness (QED) is 0.748. The summed E-state index contributed by atoms with van der Waals surface area (Å²) in [4.78, 5) is 20.8. The van der Waals surface area contributed by atoms with Gasteiger partial charge in [-0.25, -0.2) is 15.0 Å². The lowest BCUT2D eigenvalue weighted by atomic mass is 10.0. The Hall–Kier alpha value is -2.73. The SMILES string of the molecule is C=CC(c1ccccc1)N1CCN(c2ncnc3nc[nH]c23)CC1. The van der Waals surface area contributed by atoms with Crippen molar-refractivity contribution in [1.82, 2.24) is 24.8 Å². The van der Waals surface area contributed by atoms with E-state index in [1.54, 1.807) is 12.7 Å². The fourth-order valence-corrected chi connectivity index (χ4v) is 3.35. The van der Waals surface area contributed by atoms with Gasteiger partial charge in [0.2, 0.25) is 0 Å². The molecule has 1 unspecified atom stereocenters. The Morgan fingerprint density at radius 1 is 1.04 bits per heavy atom. The molecule has 0 bridgehead atoms. The maximum Gasteiger partial charge on any atom is 0.182 e. The minimum absolute atomic E-state index is 0.255. The molecule has 6 heteroatoms. The molecule has 6 nitrogen and oxygen atoms in total. The lowest BCUT2D eigenvalue weighted by Gasteiger charge is -2.39. The largest absolute Gasteiger partial charge is 0.352 e. The third-order valence-corrected chi connectivity index (χ3v) is 4.57. The highest BCUT2D eigenvalue weighted by atomic mass is 15.3. The second-order valence-electron chi connectivity index (χ2n) is 5.91. The number of nitrogens with zero attached hydrogens (tertiary/aromatic N) is 5. The van der Waals surface area contributed by atoms with Gasteiger partial charge in [0.1, 0.15) is 11.8 Å². The van der Waals surface area contributed by atoms with Crippen molar-refractivity contribution in [3.8, 4) is 0 Å². The number of anilines is 1. The number of aromatic nitrogens is 4. The van der Waals surface area contributed by atoms with Crippen molar-refractivity contribution in [1.29, 1.82) is 0 Å². The standard InChI is InChI=1S/C18H20N6/c1-2-15(14-6-4-3-5-7-14)23-8-10-24(11-9-23)18-16-17(20-12-19-16)21-13-22-18/h2-7,12-13,15H,1,8-11H2,(H,19,20,21,22). The number of rotatable bonds is 4. The van der Waals surface area contributed by atoms with Crippen LogP contribution in [-0.2, 0) is 0 Å². The molecule has 1 saturated heterocycles. The fourth-order valence-electron chi connectivity index (χ4n) is 3.35. The van der Waals surface area contributed by atoms with Crippen LogP contribution in [0.3, 0.4) is 0 Å². The monoisotopic (exact) mass is 320 g/mol. The van der Waals surface area contributed by atoms with Gasteiger partial charge in [-0.3, -0.25) is 4.90 Å². The summed E-state index contributed by atoms with van der Waals surface area (Å²) in [5.41, 5.74) is 2.92. The molecule has 0 spiro atoms. The molecule has 1 aromatic carbocycles. The molecule has 3 aromatic rings. The average Bonchev–Trinajstić information content (AvgIpc) is 3.13. The Kier molecular flexibility index (Phi) is 3.96. The first-order valence-electron chi connectivity index (χ1n) is 8.17. The van der Waals surface area contributed by atoms with Gasteiger partial charge >= 0.3 is 0 Å². The molecule has 24 heavy (non-hydrogen) atoms. The molecule has 0 amide bonds. The Balaban J connectivity index is 1.50. The average molecular weight is 320 g/mol. The van der Waals surface area contributed by atoms with Gasteiger partial charge in [-0.1, -0.05) is 36.4 Å².